The second-order valence-electron chi connectivity index (χ2n) is 6.15. The second-order valence-corrected chi connectivity index (χ2v) is 9.81. The molecule has 0 radical (unpaired) electrons. The third-order valence-electron chi connectivity index (χ3n) is 4.29. The first-order valence-electron chi connectivity index (χ1n) is 7.91. The van der Waals surface area contributed by atoms with E-state index in [4.69, 9.17) is 11.6 Å². The molecule has 25 heavy (non-hydrogen) atoms. The highest BCUT2D eigenvalue weighted by Gasteiger charge is 2.35. The largest absolute Gasteiger partial charge is 0.322 e. The number of rotatable bonds is 4. The van der Waals surface area contributed by atoms with Gasteiger partial charge in [-0.2, -0.15) is 0 Å². The molecule has 134 valence electrons. The molecule has 0 spiro atoms. The minimum Gasteiger partial charge on any atom is -0.315 e. The van der Waals surface area contributed by atoms with Crippen LogP contribution in [-0.4, -0.2) is 36.9 Å². The molecule has 1 fully saturated rings. The Labute approximate surface area is 156 Å². The van der Waals surface area contributed by atoms with Gasteiger partial charge in [-0.1, -0.05) is 11.6 Å². The van der Waals surface area contributed by atoms with Crippen LogP contribution in [0.3, 0.4) is 0 Å². The maximum atomic E-state index is 12.8. The molecule has 0 bridgehead atoms. The molecule has 0 aliphatic carbocycles. The molecule has 1 aliphatic rings. The van der Waals surface area contributed by atoms with Crippen LogP contribution in [0, 0.1) is 6.92 Å². The van der Waals surface area contributed by atoms with Crippen LogP contribution in [0.15, 0.2) is 35.7 Å². The SMILES string of the molecule is Cc1ccsc1CN(C(=O)Nc1ccc(Cl)cc1)[C@H]1CCS(=O)(=O)C1. The zero-order chi connectivity index (χ0) is 18.0. The van der Waals surface area contributed by atoms with Crippen LogP contribution < -0.4 is 5.32 Å². The van der Waals surface area contributed by atoms with Crippen molar-refractivity contribution in [3.8, 4) is 0 Å². The summed E-state index contributed by atoms with van der Waals surface area (Å²) in [5.41, 5.74) is 1.73. The predicted octanol–water partition coefficient (Wildman–Crippen LogP) is 3.93. The summed E-state index contributed by atoms with van der Waals surface area (Å²) in [5.74, 6) is 0.150. The quantitative estimate of drug-likeness (QED) is 0.848. The number of carbonyl (C=O) groups is 1. The molecule has 1 aliphatic heterocycles. The molecule has 1 N–H and O–H groups in total. The Kier molecular flexibility index (Phi) is 5.36. The molecule has 3 rings (SSSR count). The van der Waals surface area contributed by atoms with E-state index in [0.29, 0.717) is 23.7 Å². The number of hydrogen-bond acceptors (Lipinski definition) is 4. The van der Waals surface area contributed by atoms with Crippen molar-refractivity contribution in [3.05, 3.63) is 51.2 Å². The topological polar surface area (TPSA) is 66.5 Å². The van der Waals surface area contributed by atoms with Crippen LogP contribution in [0.1, 0.15) is 16.9 Å². The zero-order valence-corrected chi connectivity index (χ0v) is 16.1. The number of halogens is 1. The Bertz CT molecular complexity index is 862. The monoisotopic (exact) mass is 398 g/mol. The van der Waals surface area contributed by atoms with Gasteiger partial charge < -0.3 is 10.2 Å². The predicted molar refractivity (Wildman–Crippen MR) is 102 cm³/mol. The van der Waals surface area contributed by atoms with Crippen LogP contribution >= 0.6 is 22.9 Å². The summed E-state index contributed by atoms with van der Waals surface area (Å²) in [6, 6.07) is 8.24. The van der Waals surface area contributed by atoms with Gasteiger partial charge in [-0.3, -0.25) is 0 Å². The fourth-order valence-corrected chi connectivity index (χ4v) is 5.60. The number of nitrogens with zero attached hydrogens (tertiary/aromatic N) is 1. The van der Waals surface area contributed by atoms with E-state index < -0.39 is 9.84 Å². The molecule has 1 aromatic heterocycles. The minimum absolute atomic E-state index is 0.0193. The summed E-state index contributed by atoms with van der Waals surface area (Å²) in [6.45, 7) is 2.40. The van der Waals surface area contributed by atoms with Crippen molar-refractivity contribution < 1.29 is 13.2 Å². The fourth-order valence-electron chi connectivity index (χ4n) is 2.84. The number of sulfone groups is 1. The van der Waals surface area contributed by atoms with Crippen molar-refractivity contribution in [2.75, 3.05) is 16.8 Å². The number of aryl methyl sites for hydroxylation is 1. The third-order valence-corrected chi connectivity index (χ3v) is 7.30. The molecule has 1 saturated heterocycles. The maximum Gasteiger partial charge on any atom is 0.322 e. The van der Waals surface area contributed by atoms with E-state index in [1.165, 1.54) is 0 Å². The summed E-state index contributed by atoms with van der Waals surface area (Å²) >= 11 is 7.44. The Morgan fingerprint density at radius 3 is 2.60 bits per heavy atom. The minimum atomic E-state index is -3.08. The van der Waals surface area contributed by atoms with Gasteiger partial charge in [0.1, 0.15) is 0 Å². The number of nitrogens with one attached hydrogen (secondary N) is 1. The fraction of sp³-hybridized carbons (Fsp3) is 0.353. The lowest BCUT2D eigenvalue weighted by molar-refractivity contribution is 0.191. The van der Waals surface area contributed by atoms with Gasteiger partial charge in [0.15, 0.2) is 9.84 Å². The Hall–Kier alpha value is -1.57. The first kappa shape index (κ1) is 18.2. The van der Waals surface area contributed by atoms with E-state index in [-0.39, 0.29) is 23.6 Å². The molecule has 2 heterocycles. The number of thiophene rings is 1. The summed E-state index contributed by atoms with van der Waals surface area (Å²) < 4.78 is 23.7. The number of amides is 2. The van der Waals surface area contributed by atoms with Crippen LogP contribution in [0.2, 0.25) is 5.02 Å². The van der Waals surface area contributed by atoms with Crippen molar-refractivity contribution in [3.63, 3.8) is 0 Å². The maximum absolute atomic E-state index is 12.8. The first-order valence-corrected chi connectivity index (χ1v) is 11.0. The first-order chi connectivity index (χ1) is 11.8. The average molecular weight is 399 g/mol. The van der Waals surface area contributed by atoms with Crippen LogP contribution in [-0.2, 0) is 16.4 Å². The average Bonchev–Trinajstić information content (AvgIpc) is 3.12. The Morgan fingerprint density at radius 2 is 2.04 bits per heavy atom. The highest BCUT2D eigenvalue weighted by atomic mass is 35.5. The molecule has 1 atom stereocenters. The lowest BCUT2D eigenvalue weighted by atomic mass is 10.2. The van der Waals surface area contributed by atoms with Gasteiger partial charge in [-0.05, 0) is 54.6 Å². The highest BCUT2D eigenvalue weighted by molar-refractivity contribution is 7.91. The highest BCUT2D eigenvalue weighted by Crippen LogP contribution is 2.25. The van der Waals surface area contributed by atoms with Crippen molar-refractivity contribution in [2.45, 2.75) is 25.9 Å². The van der Waals surface area contributed by atoms with Crippen LogP contribution in [0.5, 0.6) is 0 Å². The molecular weight excluding hydrogens is 380 g/mol. The van der Waals surface area contributed by atoms with Gasteiger partial charge in [0.25, 0.3) is 0 Å². The number of carbonyl (C=O) groups excluding carboxylic acids is 1. The third kappa shape index (κ3) is 4.54. The lowest BCUT2D eigenvalue weighted by Gasteiger charge is -2.28. The van der Waals surface area contributed by atoms with E-state index in [0.717, 1.165) is 10.4 Å². The molecule has 1 aromatic carbocycles. The number of hydrogen-bond donors (Lipinski definition) is 1. The van der Waals surface area contributed by atoms with E-state index in [9.17, 15) is 13.2 Å². The Morgan fingerprint density at radius 1 is 1.32 bits per heavy atom. The van der Waals surface area contributed by atoms with Crippen molar-refractivity contribution in [2.24, 2.45) is 0 Å². The standard InChI is InChI=1S/C17H19ClN2O3S2/c1-12-6-8-24-16(12)10-20(15-7-9-25(22,23)11-15)17(21)19-14-4-2-13(18)3-5-14/h2-6,8,15H,7,9-11H2,1H3,(H,19,21)/t15-/m0/s1. The molecular formula is C17H19ClN2O3S2. The molecule has 0 saturated carbocycles. The Balaban J connectivity index is 1.81. The van der Waals surface area contributed by atoms with E-state index >= 15 is 0 Å². The number of anilines is 1. The van der Waals surface area contributed by atoms with Crippen molar-refractivity contribution in [1.29, 1.82) is 0 Å². The van der Waals surface area contributed by atoms with Crippen molar-refractivity contribution in [1.82, 2.24) is 4.90 Å². The van der Waals surface area contributed by atoms with Gasteiger partial charge in [-0.15, -0.1) is 11.3 Å². The van der Waals surface area contributed by atoms with Gasteiger partial charge in [0.2, 0.25) is 0 Å². The normalized spacial score (nSPS) is 18.9. The van der Waals surface area contributed by atoms with E-state index in [1.807, 2.05) is 18.4 Å². The summed E-state index contributed by atoms with van der Waals surface area (Å²) in [5, 5.41) is 5.41. The molecule has 2 aromatic rings. The lowest BCUT2D eigenvalue weighted by Crippen LogP contribution is -2.43. The van der Waals surface area contributed by atoms with Gasteiger partial charge >= 0.3 is 6.03 Å². The van der Waals surface area contributed by atoms with E-state index in [2.05, 4.69) is 5.32 Å². The van der Waals surface area contributed by atoms with Crippen LogP contribution in [0.25, 0.3) is 0 Å². The number of benzene rings is 1. The number of urea groups is 1. The second kappa shape index (κ2) is 7.35. The summed E-state index contributed by atoms with van der Waals surface area (Å²) in [4.78, 5) is 15.5. The molecule has 8 heteroatoms. The van der Waals surface area contributed by atoms with Crippen molar-refractivity contribution >= 4 is 44.5 Å². The smallest absolute Gasteiger partial charge is 0.315 e. The zero-order valence-electron chi connectivity index (χ0n) is 13.7. The molecule has 5 nitrogen and oxygen atoms in total. The summed E-state index contributed by atoms with van der Waals surface area (Å²) in [6.07, 6.45) is 0.473. The van der Waals surface area contributed by atoms with Gasteiger partial charge in [0.05, 0.1) is 18.1 Å². The molecule has 0 unspecified atom stereocenters. The van der Waals surface area contributed by atoms with Gasteiger partial charge in [-0.25, -0.2) is 13.2 Å². The van der Waals surface area contributed by atoms with Gasteiger partial charge in [0, 0.05) is 21.6 Å². The van der Waals surface area contributed by atoms with Crippen LogP contribution in [0.4, 0.5) is 10.5 Å². The summed E-state index contributed by atoms with van der Waals surface area (Å²) in [7, 11) is -3.08. The van der Waals surface area contributed by atoms with E-state index in [1.54, 1.807) is 40.5 Å². The molecule has 2 amide bonds.